The molecule has 5 nitrogen and oxygen atoms in total. The molecule has 2 N–H and O–H groups in total. The fraction of sp³-hybridized carbons (Fsp3) is 0.500. The van der Waals surface area contributed by atoms with Gasteiger partial charge >= 0.3 is 5.97 Å². The van der Waals surface area contributed by atoms with Crippen molar-refractivity contribution in [3.8, 4) is 0 Å². The minimum absolute atomic E-state index is 0.0530. The fourth-order valence-electron chi connectivity index (χ4n) is 2.70. The van der Waals surface area contributed by atoms with E-state index in [2.05, 4.69) is 4.72 Å². The van der Waals surface area contributed by atoms with Crippen LogP contribution in [0.5, 0.6) is 0 Å². The zero-order valence-corrected chi connectivity index (χ0v) is 12.3. The highest BCUT2D eigenvalue weighted by atomic mass is 32.2. The maximum atomic E-state index is 13.5. The summed E-state index contributed by atoms with van der Waals surface area (Å²) in [6.45, 7) is 0. The Morgan fingerprint density at radius 3 is 2.57 bits per heavy atom. The summed E-state index contributed by atoms with van der Waals surface area (Å²) in [7, 11) is -3.69. The number of nitrogens with one attached hydrogen (secondary N) is 1. The van der Waals surface area contributed by atoms with Gasteiger partial charge in [0.2, 0.25) is 10.0 Å². The van der Waals surface area contributed by atoms with Gasteiger partial charge in [-0.05, 0) is 30.9 Å². The van der Waals surface area contributed by atoms with Crippen molar-refractivity contribution in [2.45, 2.75) is 32.1 Å². The summed E-state index contributed by atoms with van der Waals surface area (Å²) in [6.07, 6.45) is 4.86. The van der Waals surface area contributed by atoms with Gasteiger partial charge in [0.1, 0.15) is 11.4 Å². The Labute approximate surface area is 123 Å². The van der Waals surface area contributed by atoms with E-state index in [1.54, 1.807) is 0 Å². The third kappa shape index (κ3) is 4.17. The van der Waals surface area contributed by atoms with E-state index in [0.29, 0.717) is 0 Å². The van der Waals surface area contributed by atoms with Crippen LogP contribution in [-0.2, 0) is 10.0 Å². The van der Waals surface area contributed by atoms with Crippen LogP contribution in [0.4, 0.5) is 10.1 Å². The molecule has 0 heterocycles. The zero-order valence-electron chi connectivity index (χ0n) is 11.5. The van der Waals surface area contributed by atoms with E-state index in [9.17, 15) is 17.6 Å². The molecule has 1 fully saturated rings. The lowest BCUT2D eigenvalue weighted by molar-refractivity contribution is 0.0693. The summed E-state index contributed by atoms with van der Waals surface area (Å²) in [5.41, 5.74) is -0.872. The van der Waals surface area contributed by atoms with Crippen molar-refractivity contribution in [1.29, 1.82) is 0 Å². The molecule has 0 radical (unpaired) electrons. The number of benzene rings is 1. The van der Waals surface area contributed by atoms with Crippen molar-refractivity contribution in [1.82, 2.24) is 0 Å². The van der Waals surface area contributed by atoms with Crippen molar-refractivity contribution < 1.29 is 22.7 Å². The van der Waals surface area contributed by atoms with Gasteiger partial charge in [-0.25, -0.2) is 17.6 Å². The molecular formula is C14H18FNO4S. The molecule has 1 aromatic carbocycles. The van der Waals surface area contributed by atoms with Crippen LogP contribution in [0.3, 0.4) is 0 Å². The molecule has 116 valence electrons. The lowest BCUT2D eigenvalue weighted by Crippen LogP contribution is -2.25. The Morgan fingerprint density at radius 2 is 1.95 bits per heavy atom. The van der Waals surface area contributed by atoms with E-state index in [4.69, 9.17) is 5.11 Å². The minimum atomic E-state index is -3.69. The van der Waals surface area contributed by atoms with Gasteiger partial charge < -0.3 is 5.11 Å². The number of anilines is 1. The molecular weight excluding hydrogens is 297 g/mol. The van der Waals surface area contributed by atoms with Gasteiger partial charge in [-0.1, -0.05) is 25.3 Å². The number of rotatable bonds is 5. The summed E-state index contributed by atoms with van der Waals surface area (Å²) in [4.78, 5) is 11.0. The highest BCUT2D eigenvalue weighted by molar-refractivity contribution is 7.92. The van der Waals surface area contributed by atoms with Crippen LogP contribution >= 0.6 is 0 Å². The molecule has 0 unspecified atom stereocenters. The first kappa shape index (κ1) is 15.8. The lowest BCUT2D eigenvalue weighted by atomic mass is 9.91. The number of aromatic carboxylic acids is 1. The summed E-state index contributed by atoms with van der Waals surface area (Å²) in [6, 6.07) is 3.52. The Kier molecular flexibility index (Phi) is 4.82. The Balaban J connectivity index is 2.16. The molecule has 2 rings (SSSR count). The predicted octanol–water partition coefficient (Wildman–Crippen LogP) is 2.85. The van der Waals surface area contributed by atoms with Crippen molar-refractivity contribution >= 4 is 21.7 Å². The number of hydrogen-bond donors (Lipinski definition) is 2. The summed E-state index contributed by atoms with van der Waals surface area (Å²) in [5.74, 6) is -2.43. The number of carboxylic acid groups (broad SMARTS) is 1. The number of sulfonamides is 1. The van der Waals surface area contributed by atoms with E-state index in [1.807, 2.05) is 0 Å². The van der Waals surface area contributed by atoms with Gasteiger partial charge in [0, 0.05) is 0 Å². The van der Waals surface area contributed by atoms with Crippen LogP contribution in [0.25, 0.3) is 0 Å². The number of carboxylic acids is 1. The number of hydrogen-bond acceptors (Lipinski definition) is 3. The van der Waals surface area contributed by atoms with Crippen LogP contribution in [0.2, 0.25) is 0 Å². The smallest absolute Gasteiger partial charge is 0.340 e. The molecule has 0 amide bonds. The highest BCUT2D eigenvalue weighted by Gasteiger charge is 2.24. The van der Waals surface area contributed by atoms with Crippen LogP contribution in [0.15, 0.2) is 18.2 Å². The third-order valence-corrected chi connectivity index (χ3v) is 5.11. The van der Waals surface area contributed by atoms with E-state index in [0.717, 1.165) is 38.2 Å². The predicted molar refractivity (Wildman–Crippen MR) is 77.3 cm³/mol. The van der Waals surface area contributed by atoms with Gasteiger partial charge in [-0.2, -0.15) is 0 Å². The second-order valence-corrected chi connectivity index (χ2v) is 7.12. The highest BCUT2D eigenvalue weighted by Crippen LogP contribution is 2.26. The average molecular weight is 315 g/mol. The fourth-order valence-corrected chi connectivity index (χ4v) is 4.24. The first-order chi connectivity index (χ1) is 9.89. The Hall–Kier alpha value is -1.63. The molecule has 1 aliphatic carbocycles. The van der Waals surface area contributed by atoms with Gasteiger partial charge in [-0.15, -0.1) is 0 Å². The summed E-state index contributed by atoms with van der Waals surface area (Å²) < 4.78 is 40.0. The third-order valence-electron chi connectivity index (χ3n) is 3.67. The van der Waals surface area contributed by atoms with Gasteiger partial charge in [0.25, 0.3) is 0 Å². The Morgan fingerprint density at radius 1 is 1.29 bits per heavy atom. The molecule has 1 aliphatic rings. The van der Waals surface area contributed by atoms with Crippen molar-refractivity contribution in [3.05, 3.63) is 29.6 Å². The summed E-state index contributed by atoms with van der Waals surface area (Å²) in [5, 5.41) is 8.99. The first-order valence-electron chi connectivity index (χ1n) is 6.91. The van der Waals surface area contributed by atoms with Crippen LogP contribution in [0, 0.1) is 11.7 Å². The van der Waals surface area contributed by atoms with Crippen molar-refractivity contribution in [3.63, 3.8) is 0 Å². The first-order valence-corrected chi connectivity index (χ1v) is 8.56. The topological polar surface area (TPSA) is 83.5 Å². The quantitative estimate of drug-likeness (QED) is 0.875. The maximum absolute atomic E-state index is 13.5. The molecule has 0 spiro atoms. The standard InChI is InChI=1S/C14H18FNO4S/c15-11-7-4-8-12(13(11)14(17)18)16-21(19,20)9-10-5-2-1-3-6-10/h4,7-8,10,16H,1-3,5-6,9H2,(H,17,18). The van der Waals surface area contributed by atoms with E-state index < -0.39 is 27.4 Å². The zero-order chi connectivity index (χ0) is 15.5. The largest absolute Gasteiger partial charge is 0.478 e. The normalized spacial score (nSPS) is 16.6. The average Bonchev–Trinajstić information content (AvgIpc) is 2.38. The van der Waals surface area contributed by atoms with Gasteiger partial charge in [0.15, 0.2) is 0 Å². The minimum Gasteiger partial charge on any atom is -0.478 e. The van der Waals surface area contributed by atoms with Crippen molar-refractivity contribution in [2.75, 3.05) is 10.5 Å². The van der Waals surface area contributed by atoms with E-state index >= 15 is 0 Å². The second-order valence-electron chi connectivity index (χ2n) is 5.36. The van der Waals surface area contributed by atoms with Gasteiger partial charge in [-0.3, -0.25) is 4.72 Å². The molecule has 1 aromatic rings. The van der Waals surface area contributed by atoms with E-state index in [1.165, 1.54) is 12.1 Å². The molecule has 0 aromatic heterocycles. The Bertz CT molecular complexity index is 624. The molecule has 21 heavy (non-hydrogen) atoms. The monoisotopic (exact) mass is 315 g/mol. The molecule has 0 bridgehead atoms. The maximum Gasteiger partial charge on any atom is 0.340 e. The van der Waals surface area contributed by atoms with Crippen LogP contribution in [0.1, 0.15) is 42.5 Å². The number of carbonyl (C=O) groups is 1. The molecule has 7 heteroatoms. The van der Waals surface area contributed by atoms with Gasteiger partial charge in [0.05, 0.1) is 11.4 Å². The van der Waals surface area contributed by atoms with E-state index in [-0.39, 0.29) is 17.4 Å². The second kappa shape index (κ2) is 6.43. The van der Waals surface area contributed by atoms with Crippen molar-refractivity contribution in [2.24, 2.45) is 5.92 Å². The molecule has 0 saturated heterocycles. The van der Waals surface area contributed by atoms with Crippen LogP contribution in [-0.4, -0.2) is 25.2 Å². The van der Waals surface area contributed by atoms with Crippen LogP contribution < -0.4 is 4.72 Å². The SMILES string of the molecule is O=C(O)c1c(F)cccc1NS(=O)(=O)CC1CCCCC1. The number of halogens is 1. The summed E-state index contributed by atoms with van der Waals surface area (Å²) >= 11 is 0. The molecule has 1 saturated carbocycles. The lowest BCUT2D eigenvalue weighted by Gasteiger charge is -2.21. The molecule has 0 aliphatic heterocycles. The molecule has 0 atom stereocenters.